The smallest absolute Gasteiger partial charge is 0.188 e. The molecule has 0 aliphatic heterocycles. The fourth-order valence-corrected chi connectivity index (χ4v) is 1.43. The van der Waals surface area contributed by atoms with Crippen molar-refractivity contribution in [2.75, 3.05) is 0 Å². The van der Waals surface area contributed by atoms with Gasteiger partial charge in [0.25, 0.3) is 0 Å². The van der Waals surface area contributed by atoms with Crippen LogP contribution in [0.4, 0.5) is 5.69 Å². The summed E-state index contributed by atoms with van der Waals surface area (Å²) in [6.07, 6.45) is 0. The summed E-state index contributed by atoms with van der Waals surface area (Å²) in [5.74, 6) is 0.317. The second kappa shape index (κ2) is 3.15. The minimum Gasteiger partial charge on any atom is -0.356 e. The maximum absolute atomic E-state index is 6.92. The van der Waals surface area contributed by atoms with E-state index >= 15 is 0 Å². The van der Waals surface area contributed by atoms with Gasteiger partial charge in [0.1, 0.15) is 0 Å². The molecule has 0 saturated heterocycles. The van der Waals surface area contributed by atoms with Crippen LogP contribution in [0.5, 0.6) is 0 Å². The van der Waals surface area contributed by atoms with Gasteiger partial charge >= 0.3 is 0 Å². The lowest BCUT2D eigenvalue weighted by Gasteiger charge is -1.97. The highest BCUT2D eigenvalue weighted by Crippen LogP contribution is 2.28. The lowest BCUT2D eigenvalue weighted by atomic mass is 10.1. The Labute approximate surface area is 82.1 Å². The third-order valence-electron chi connectivity index (χ3n) is 2.16. The van der Waals surface area contributed by atoms with Crippen LogP contribution in [-0.2, 0) is 0 Å². The van der Waals surface area contributed by atoms with Crippen LogP contribution in [0.1, 0.15) is 25.5 Å². The van der Waals surface area contributed by atoms with Gasteiger partial charge in [-0.25, -0.2) is 4.85 Å². The van der Waals surface area contributed by atoms with Crippen molar-refractivity contribution in [3.63, 3.8) is 0 Å². The number of benzene rings is 1. The van der Waals surface area contributed by atoms with Crippen molar-refractivity contribution in [3.8, 4) is 0 Å². The lowest BCUT2D eigenvalue weighted by Crippen LogP contribution is -1.86. The zero-order chi connectivity index (χ0) is 10.1. The molecule has 0 bridgehead atoms. The van der Waals surface area contributed by atoms with Crippen LogP contribution >= 0.6 is 0 Å². The van der Waals surface area contributed by atoms with Crippen molar-refractivity contribution in [2.45, 2.75) is 19.8 Å². The van der Waals surface area contributed by atoms with Crippen LogP contribution in [0.3, 0.4) is 0 Å². The van der Waals surface area contributed by atoms with E-state index in [1.807, 2.05) is 6.07 Å². The Bertz CT molecular complexity index is 505. The topological polar surface area (TPSA) is 30.4 Å². The molecule has 0 N–H and O–H groups in total. The number of hydrogen-bond donors (Lipinski definition) is 0. The quantitative estimate of drug-likeness (QED) is 0.638. The van der Waals surface area contributed by atoms with Gasteiger partial charge in [0.05, 0.1) is 12.3 Å². The molecule has 1 aromatic heterocycles. The van der Waals surface area contributed by atoms with Gasteiger partial charge in [0.15, 0.2) is 11.3 Å². The van der Waals surface area contributed by atoms with Crippen LogP contribution in [0, 0.1) is 6.57 Å². The first-order chi connectivity index (χ1) is 6.72. The van der Waals surface area contributed by atoms with Crippen LogP contribution in [0.15, 0.2) is 22.7 Å². The van der Waals surface area contributed by atoms with Crippen LogP contribution in [0.2, 0.25) is 0 Å². The molecule has 1 heterocycles. The standard InChI is InChI=1S/C11H10N2O/c1-7(2)11-9-6-8(12-3)4-5-10(9)14-13-11/h4-7H,1-2H3. The minimum atomic E-state index is 0.317. The van der Waals surface area contributed by atoms with Crippen molar-refractivity contribution >= 4 is 16.7 Å². The van der Waals surface area contributed by atoms with E-state index < -0.39 is 0 Å². The van der Waals surface area contributed by atoms with Gasteiger partial charge in [-0.15, -0.1) is 0 Å². The summed E-state index contributed by atoms with van der Waals surface area (Å²) < 4.78 is 5.16. The van der Waals surface area contributed by atoms with Gasteiger partial charge in [0.2, 0.25) is 0 Å². The molecule has 0 aliphatic carbocycles. The summed E-state index contributed by atoms with van der Waals surface area (Å²) in [5.41, 5.74) is 2.30. The van der Waals surface area contributed by atoms with E-state index in [4.69, 9.17) is 11.1 Å². The average molecular weight is 186 g/mol. The maximum Gasteiger partial charge on any atom is 0.188 e. The second-order valence-electron chi connectivity index (χ2n) is 3.51. The SMILES string of the molecule is [C-]#[N+]c1ccc2onc(C(C)C)c2c1. The second-order valence-corrected chi connectivity index (χ2v) is 3.51. The Hall–Kier alpha value is -1.82. The fraction of sp³-hybridized carbons (Fsp3) is 0.273. The van der Waals surface area contributed by atoms with E-state index in [0.717, 1.165) is 16.7 Å². The van der Waals surface area contributed by atoms with E-state index in [1.165, 1.54) is 0 Å². The van der Waals surface area contributed by atoms with Crippen LogP contribution in [0.25, 0.3) is 15.8 Å². The predicted octanol–water partition coefficient (Wildman–Crippen LogP) is 3.50. The maximum atomic E-state index is 6.92. The molecule has 2 rings (SSSR count). The van der Waals surface area contributed by atoms with Crippen molar-refractivity contribution in [1.29, 1.82) is 0 Å². The van der Waals surface area contributed by atoms with Crippen molar-refractivity contribution in [1.82, 2.24) is 5.16 Å². The molecule has 0 fully saturated rings. The fourth-order valence-electron chi connectivity index (χ4n) is 1.43. The Morgan fingerprint density at radius 3 is 2.86 bits per heavy atom. The van der Waals surface area contributed by atoms with E-state index in [9.17, 15) is 0 Å². The van der Waals surface area contributed by atoms with E-state index in [0.29, 0.717) is 11.6 Å². The summed E-state index contributed by atoms with van der Waals surface area (Å²) in [6, 6.07) is 5.36. The molecule has 0 radical (unpaired) electrons. The van der Waals surface area contributed by atoms with E-state index in [1.54, 1.807) is 12.1 Å². The number of fused-ring (bicyclic) bond motifs is 1. The van der Waals surface area contributed by atoms with E-state index in [-0.39, 0.29) is 0 Å². The molecule has 0 spiro atoms. The Balaban J connectivity index is 2.71. The highest BCUT2D eigenvalue weighted by atomic mass is 16.5. The summed E-state index contributed by atoms with van der Waals surface area (Å²) in [5, 5.41) is 4.94. The first-order valence-corrected chi connectivity index (χ1v) is 4.49. The number of nitrogens with zero attached hydrogens (tertiary/aromatic N) is 2. The lowest BCUT2D eigenvalue weighted by molar-refractivity contribution is 0.441. The summed E-state index contributed by atoms with van der Waals surface area (Å²) >= 11 is 0. The highest BCUT2D eigenvalue weighted by Gasteiger charge is 2.11. The molecule has 70 valence electrons. The monoisotopic (exact) mass is 186 g/mol. The van der Waals surface area contributed by atoms with Crippen molar-refractivity contribution in [3.05, 3.63) is 35.3 Å². The molecule has 0 atom stereocenters. The van der Waals surface area contributed by atoms with Gasteiger partial charge in [-0.2, -0.15) is 0 Å². The van der Waals surface area contributed by atoms with Gasteiger partial charge in [-0.3, -0.25) is 0 Å². The third kappa shape index (κ3) is 1.25. The van der Waals surface area contributed by atoms with Crippen LogP contribution < -0.4 is 0 Å². The summed E-state index contributed by atoms with van der Waals surface area (Å²) in [4.78, 5) is 3.38. The van der Waals surface area contributed by atoms with Crippen molar-refractivity contribution in [2.24, 2.45) is 0 Å². The Morgan fingerprint density at radius 1 is 1.43 bits per heavy atom. The van der Waals surface area contributed by atoms with Crippen molar-refractivity contribution < 1.29 is 4.52 Å². The van der Waals surface area contributed by atoms with Gasteiger partial charge in [0, 0.05) is 5.39 Å². The number of rotatable bonds is 1. The molecule has 3 nitrogen and oxygen atoms in total. The third-order valence-corrected chi connectivity index (χ3v) is 2.16. The van der Waals surface area contributed by atoms with Gasteiger partial charge < -0.3 is 4.52 Å². The minimum absolute atomic E-state index is 0.317. The zero-order valence-corrected chi connectivity index (χ0v) is 8.11. The molecular formula is C11H10N2O. The van der Waals surface area contributed by atoms with E-state index in [2.05, 4.69) is 23.8 Å². The molecular weight excluding hydrogens is 176 g/mol. The molecule has 0 unspecified atom stereocenters. The number of hydrogen-bond acceptors (Lipinski definition) is 2. The molecule has 14 heavy (non-hydrogen) atoms. The average Bonchev–Trinajstić information content (AvgIpc) is 2.59. The van der Waals surface area contributed by atoms with Gasteiger partial charge in [-0.05, 0) is 18.1 Å². The Morgan fingerprint density at radius 2 is 2.21 bits per heavy atom. The molecule has 0 amide bonds. The molecule has 0 saturated carbocycles. The Kier molecular flexibility index (Phi) is 1.97. The molecule has 3 heteroatoms. The first kappa shape index (κ1) is 8.76. The predicted molar refractivity (Wildman–Crippen MR) is 54.4 cm³/mol. The molecule has 1 aromatic carbocycles. The van der Waals surface area contributed by atoms with Crippen LogP contribution in [-0.4, -0.2) is 5.16 Å². The first-order valence-electron chi connectivity index (χ1n) is 4.49. The molecule has 2 aromatic rings. The largest absolute Gasteiger partial charge is 0.356 e. The zero-order valence-electron chi connectivity index (χ0n) is 8.11. The van der Waals surface area contributed by atoms with Gasteiger partial charge in [-0.1, -0.05) is 25.1 Å². The highest BCUT2D eigenvalue weighted by molar-refractivity contribution is 5.83. The summed E-state index contributed by atoms with van der Waals surface area (Å²) in [6.45, 7) is 11.0. The normalized spacial score (nSPS) is 10.7. The summed E-state index contributed by atoms with van der Waals surface area (Å²) in [7, 11) is 0. The molecule has 0 aliphatic rings. The number of aromatic nitrogens is 1.